The van der Waals surface area contributed by atoms with Gasteiger partial charge in [0, 0.05) is 18.9 Å². The summed E-state index contributed by atoms with van der Waals surface area (Å²) >= 11 is 0. The van der Waals surface area contributed by atoms with E-state index in [0.29, 0.717) is 18.2 Å². The van der Waals surface area contributed by atoms with Crippen molar-refractivity contribution in [1.29, 1.82) is 0 Å². The summed E-state index contributed by atoms with van der Waals surface area (Å²) in [5, 5.41) is 12.0. The van der Waals surface area contributed by atoms with E-state index in [-0.39, 0.29) is 11.7 Å². The van der Waals surface area contributed by atoms with Crippen LogP contribution in [-0.2, 0) is 6.54 Å². The highest BCUT2D eigenvalue weighted by Crippen LogP contribution is 2.19. The summed E-state index contributed by atoms with van der Waals surface area (Å²) < 4.78 is 5.57. The molecule has 0 saturated carbocycles. The molecular weight excluding hydrogens is 270 g/mol. The average Bonchev–Trinajstić information content (AvgIpc) is 2.46. The van der Waals surface area contributed by atoms with Crippen LogP contribution in [0.5, 0.6) is 5.88 Å². The minimum atomic E-state index is -0.934. The summed E-state index contributed by atoms with van der Waals surface area (Å²) in [5.74, 6) is 0.0826. The first-order valence-corrected chi connectivity index (χ1v) is 6.60. The van der Waals surface area contributed by atoms with Crippen LogP contribution >= 0.6 is 0 Å². The number of carbonyl (C=O) groups is 1. The summed E-state index contributed by atoms with van der Waals surface area (Å²) in [4.78, 5) is 19.1. The molecule has 2 N–H and O–H groups in total. The van der Waals surface area contributed by atoms with Gasteiger partial charge in [-0.15, -0.1) is 0 Å². The highest BCUT2D eigenvalue weighted by atomic mass is 16.5. The van der Waals surface area contributed by atoms with Crippen molar-refractivity contribution in [3.63, 3.8) is 0 Å². The van der Waals surface area contributed by atoms with Gasteiger partial charge in [-0.25, -0.2) is 14.8 Å². The van der Waals surface area contributed by atoms with Crippen LogP contribution in [0.1, 0.15) is 29.8 Å². The molecule has 1 aromatic carbocycles. The number of anilines is 1. The SMILES string of the molecule is CC(C)Oc1nccnc1NCc1ccc(C(=O)O)cc1. The van der Waals surface area contributed by atoms with Crippen LogP contribution in [0.4, 0.5) is 5.82 Å². The van der Waals surface area contributed by atoms with Gasteiger partial charge in [0.05, 0.1) is 11.7 Å². The molecule has 0 aliphatic rings. The number of aromatic carboxylic acids is 1. The molecule has 1 aromatic heterocycles. The molecule has 110 valence electrons. The van der Waals surface area contributed by atoms with Gasteiger partial charge in [-0.05, 0) is 31.5 Å². The van der Waals surface area contributed by atoms with Crippen molar-refractivity contribution in [1.82, 2.24) is 9.97 Å². The first-order valence-electron chi connectivity index (χ1n) is 6.60. The normalized spacial score (nSPS) is 10.4. The molecule has 2 rings (SSSR count). The molecule has 0 bridgehead atoms. The predicted octanol–water partition coefficient (Wildman–Crippen LogP) is 2.57. The summed E-state index contributed by atoms with van der Waals surface area (Å²) in [6, 6.07) is 6.66. The Bertz CT molecular complexity index is 612. The molecule has 0 aliphatic carbocycles. The zero-order valence-corrected chi connectivity index (χ0v) is 11.9. The van der Waals surface area contributed by atoms with Gasteiger partial charge < -0.3 is 15.2 Å². The smallest absolute Gasteiger partial charge is 0.335 e. The Kier molecular flexibility index (Phi) is 4.71. The van der Waals surface area contributed by atoms with Crippen molar-refractivity contribution in [2.24, 2.45) is 0 Å². The number of ether oxygens (including phenoxy) is 1. The van der Waals surface area contributed by atoms with E-state index in [4.69, 9.17) is 9.84 Å². The Morgan fingerprint density at radius 2 is 1.90 bits per heavy atom. The van der Waals surface area contributed by atoms with Crippen LogP contribution < -0.4 is 10.1 Å². The van der Waals surface area contributed by atoms with E-state index in [1.165, 1.54) is 0 Å². The molecule has 21 heavy (non-hydrogen) atoms. The summed E-state index contributed by atoms with van der Waals surface area (Å²) in [6.45, 7) is 4.35. The Hall–Kier alpha value is -2.63. The zero-order chi connectivity index (χ0) is 15.2. The van der Waals surface area contributed by atoms with Crippen molar-refractivity contribution in [2.75, 3.05) is 5.32 Å². The van der Waals surface area contributed by atoms with Crippen LogP contribution in [0, 0.1) is 0 Å². The maximum absolute atomic E-state index is 10.8. The summed E-state index contributed by atoms with van der Waals surface area (Å²) in [5.41, 5.74) is 1.21. The van der Waals surface area contributed by atoms with E-state index in [0.717, 1.165) is 5.56 Å². The van der Waals surface area contributed by atoms with Gasteiger partial charge in [-0.1, -0.05) is 12.1 Å². The number of rotatable bonds is 6. The Balaban J connectivity index is 2.04. The van der Waals surface area contributed by atoms with Crippen LogP contribution in [0.25, 0.3) is 0 Å². The Labute approximate surface area is 122 Å². The van der Waals surface area contributed by atoms with E-state index in [1.807, 2.05) is 13.8 Å². The first-order chi connectivity index (χ1) is 10.1. The highest BCUT2D eigenvalue weighted by Gasteiger charge is 2.08. The van der Waals surface area contributed by atoms with Gasteiger partial charge in [-0.3, -0.25) is 0 Å². The number of hydrogen-bond acceptors (Lipinski definition) is 5. The van der Waals surface area contributed by atoms with E-state index >= 15 is 0 Å². The van der Waals surface area contributed by atoms with E-state index in [2.05, 4.69) is 15.3 Å². The van der Waals surface area contributed by atoms with Gasteiger partial charge in [0.2, 0.25) is 0 Å². The quantitative estimate of drug-likeness (QED) is 0.849. The molecular formula is C15H17N3O3. The lowest BCUT2D eigenvalue weighted by Crippen LogP contribution is -2.11. The largest absolute Gasteiger partial charge is 0.478 e. The molecule has 2 aromatic rings. The molecule has 0 unspecified atom stereocenters. The number of carboxylic acids is 1. The fraction of sp³-hybridized carbons (Fsp3) is 0.267. The fourth-order valence-corrected chi connectivity index (χ4v) is 1.71. The lowest BCUT2D eigenvalue weighted by molar-refractivity contribution is 0.0697. The standard InChI is InChI=1S/C15H17N3O3/c1-10(2)21-14-13(16-7-8-17-14)18-9-11-3-5-12(6-4-11)15(19)20/h3-8,10H,9H2,1-2H3,(H,16,18)(H,19,20). The number of carboxylic acid groups (broad SMARTS) is 1. The molecule has 0 radical (unpaired) electrons. The second-order valence-electron chi connectivity index (χ2n) is 4.73. The molecule has 0 saturated heterocycles. The minimum absolute atomic E-state index is 0.0112. The van der Waals surface area contributed by atoms with Crippen molar-refractivity contribution in [3.8, 4) is 5.88 Å². The van der Waals surface area contributed by atoms with E-state index < -0.39 is 5.97 Å². The molecule has 0 fully saturated rings. The van der Waals surface area contributed by atoms with Gasteiger partial charge in [0.15, 0.2) is 5.82 Å². The Morgan fingerprint density at radius 3 is 2.52 bits per heavy atom. The number of aromatic nitrogens is 2. The van der Waals surface area contributed by atoms with Gasteiger partial charge in [0.1, 0.15) is 0 Å². The van der Waals surface area contributed by atoms with Crippen molar-refractivity contribution >= 4 is 11.8 Å². The third-order valence-electron chi connectivity index (χ3n) is 2.67. The third kappa shape index (κ3) is 4.17. The third-order valence-corrected chi connectivity index (χ3v) is 2.67. The molecule has 0 atom stereocenters. The first kappa shape index (κ1) is 14.8. The summed E-state index contributed by atoms with van der Waals surface area (Å²) in [6.07, 6.45) is 3.17. The lowest BCUT2D eigenvalue weighted by atomic mass is 10.1. The van der Waals surface area contributed by atoms with Crippen LogP contribution in [-0.4, -0.2) is 27.1 Å². The van der Waals surface area contributed by atoms with E-state index in [1.54, 1.807) is 36.7 Å². The maximum Gasteiger partial charge on any atom is 0.335 e. The van der Waals surface area contributed by atoms with Gasteiger partial charge >= 0.3 is 5.97 Å². The molecule has 6 heteroatoms. The number of hydrogen-bond donors (Lipinski definition) is 2. The molecule has 0 aliphatic heterocycles. The summed E-state index contributed by atoms with van der Waals surface area (Å²) in [7, 11) is 0. The van der Waals surface area contributed by atoms with Crippen molar-refractivity contribution < 1.29 is 14.6 Å². The van der Waals surface area contributed by atoms with Crippen LogP contribution in [0.2, 0.25) is 0 Å². The Morgan fingerprint density at radius 1 is 1.24 bits per heavy atom. The predicted molar refractivity (Wildman–Crippen MR) is 78.5 cm³/mol. The van der Waals surface area contributed by atoms with Crippen LogP contribution in [0.3, 0.4) is 0 Å². The second kappa shape index (κ2) is 6.69. The van der Waals surface area contributed by atoms with E-state index in [9.17, 15) is 4.79 Å². The minimum Gasteiger partial charge on any atom is -0.478 e. The molecule has 1 heterocycles. The zero-order valence-electron chi connectivity index (χ0n) is 11.9. The molecule has 0 spiro atoms. The molecule has 0 amide bonds. The number of nitrogens with zero attached hydrogens (tertiary/aromatic N) is 2. The number of benzene rings is 1. The van der Waals surface area contributed by atoms with Crippen LogP contribution in [0.15, 0.2) is 36.7 Å². The lowest BCUT2D eigenvalue weighted by Gasteiger charge is -2.13. The topological polar surface area (TPSA) is 84.3 Å². The van der Waals surface area contributed by atoms with Crippen molar-refractivity contribution in [2.45, 2.75) is 26.5 Å². The highest BCUT2D eigenvalue weighted by molar-refractivity contribution is 5.87. The average molecular weight is 287 g/mol. The van der Waals surface area contributed by atoms with Crippen molar-refractivity contribution in [3.05, 3.63) is 47.8 Å². The van der Waals surface area contributed by atoms with Gasteiger partial charge in [0.25, 0.3) is 5.88 Å². The number of nitrogens with one attached hydrogen (secondary N) is 1. The fourth-order valence-electron chi connectivity index (χ4n) is 1.71. The van der Waals surface area contributed by atoms with Gasteiger partial charge in [-0.2, -0.15) is 0 Å². The monoisotopic (exact) mass is 287 g/mol. The second-order valence-corrected chi connectivity index (χ2v) is 4.73. The maximum atomic E-state index is 10.8. The molecule has 6 nitrogen and oxygen atoms in total.